The number of rotatable bonds is 3. The van der Waals surface area contributed by atoms with E-state index in [0.29, 0.717) is 5.75 Å². The summed E-state index contributed by atoms with van der Waals surface area (Å²) in [5, 5.41) is 13.4. The van der Waals surface area contributed by atoms with Crippen LogP contribution in [0.3, 0.4) is 0 Å². The molecule has 0 aliphatic carbocycles. The Labute approximate surface area is 126 Å². The SMILES string of the molecule is Cc1ccc(NCc2ccc3c(c2)CCN3C)c(C)c1O. The van der Waals surface area contributed by atoms with Crippen LogP contribution in [0.4, 0.5) is 11.4 Å². The highest BCUT2D eigenvalue weighted by Gasteiger charge is 2.15. The van der Waals surface area contributed by atoms with Gasteiger partial charge < -0.3 is 15.3 Å². The standard InChI is InChI=1S/C18H22N2O/c1-12-4-6-16(13(2)18(12)21)19-11-14-5-7-17-15(10-14)8-9-20(17)3/h4-7,10,19,21H,8-9,11H2,1-3H3. The van der Waals surface area contributed by atoms with Crippen LogP contribution in [0.2, 0.25) is 0 Å². The molecule has 21 heavy (non-hydrogen) atoms. The highest BCUT2D eigenvalue weighted by Crippen LogP contribution is 2.30. The van der Waals surface area contributed by atoms with E-state index in [2.05, 4.69) is 35.5 Å². The first kappa shape index (κ1) is 13.8. The molecule has 2 aromatic carbocycles. The average Bonchev–Trinajstić information content (AvgIpc) is 2.85. The van der Waals surface area contributed by atoms with Crippen molar-refractivity contribution in [2.75, 3.05) is 23.8 Å². The van der Waals surface area contributed by atoms with Gasteiger partial charge in [0.05, 0.1) is 0 Å². The zero-order valence-corrected chi connectivity index (χ0v) is 12.9. The molecule has 3 nitrogen and oxygen atoms in total. The molecule has 0 spiro atoms. The maximum Gasteiger partial charge on any atom is 0.123 e. The predicted octanol–water partition coefficient (Wildman–Crippen LogP) is 3.61. The van der Waals surface area contributed by atoms with Gasteiger partial charge >= 0.3 is 0 Å². The van der Waals surface area contributed by atoms with Gasteiger partial charge in [-0.3, -0.25) is 0 Å². The molecule has 0 saturated heterocycles. The first-order chi connectivity index (χ1) is 10.1. The summed E-state index contributed by atoms with van der Waals surface area (Å²) >= 11 is 0. The molecule has 0 unspecified atom stereocenters. The summed E-state index contributed by atoms with van der Waals surface area (Å²) in [5.74, 6) is 0.385. The van der Waals surface area contributed by atoms with Gasteiger partial charge in [0.2, 0.25) is 0 Å². The predicted molar refractivity (Wildman–Crippen MR) is 88.3 cm³/mol. The molecular weight excluding hydrogens is 260 g/mol. The van der Waals surface area contributed by atoms with Crippen molar-refractivity contribution in [2.45, 2.75) is 26.8 Å². The second-order valence-corrected chi connectivity index (χ2v) is 5.89. The van der Waals surface area contributed by atoms with Gasteiger partial charge in [0.15, 0.2) is 0 Å². The molecule has 2 N–H and O–H groups in total. The number of nitrogens with zero attached hydrogens (tertiary/aromatic N) is 1. The van der Waals surface area contributed by atoms with Crippen LogP contribution < -0.4 is 10.2 Å². The molecule has 0 radical (unpaired) electrons. The van der Waals surface area contributed by atoms with Crippen molar-refractivity contribution < 1.29 is 5.11 Å². The van der Waals surface area contributed by atoms with Crippen molar-refractivity contribution in [3.8, 4) is 5.75 Å². The summed E-state index contributed by atoms with van der Waals surface area (Å²) in [6.07, 6.45) is 1.13. The van der Waals surface area contributed by atoms with E-state index in [4.69, 9.17) is 0 Å². The molecule has 0 atom stereocenters. The van der Waals surface area contributed by atoms with E-state index in [1.807, 2.05) is 26.0 Å². The summed E-state index contributed by atoms with van der Waals surface area (Å²) in [6, 6.07) is 10.7. The topological polar surface area (TPSA) is 35.5 Å². The normalized spacial score (nSPS) is 13.4. The van der Waals surface area contributed by atoms with Gasteiger partial charge in [-0.15, -0.1) is 0 Å². The summed E-state index contributed by atoms with van der Waals surface area (Å²) < 4.78 is 0. The van der Waals surface area contributed by atoms with Crippen molar-refractivity contribution in [3.63, 3.8) is 0 Å². The van der Waals surface area contributed by atoms with Crippen molar-refractivity contribution in [2.24, 2.45) is 0 Å². The van der Waals surface area contributed by atoms with Gasteiger partial charge in [0, 0.05) is 37.1 Å². The van der Waals surface area contributed by atoms with E-state index < -0.39 is 0 Å². The quantitative estimate of drug-likeness (QED) is 0.902. The molecule has 1 heterocycles. The molecule has 0 amide bonds. The Kier molecular flexibility index (Phi) is 3.50. The van der Waals surface area contributed by atoms with Gasteiger partial charge in [-0.2, -0.15) is 0 Å². The van der Waals surface area contributed by atoms with E-state index in [1.54, 1.807) is 0 Å². The van der Waals surface area contributed by atoms with E-state index in [-0.39, 0.29) is 0 Å². The zero-order valence-electron chi connectivity index (χ0n) is 12.9. The van der Waals surface area contributed by atoms with Crippen molar-refractivity contribution in [1.82, 2.24) is 0 Å². The zero-order chi connectivity index (χ0) is 15.0. The van der Waals surface area contributed by atoms with E-state index >= 15 is 0 Å². The summed E-state index contributed by atoms with van der Waals surface area (Å²) in [4.78, 5) is 2.30. The fourth-order valence-electron chi connectivity index (χ4n) is 2.95. The number of nitrogens with one attached hydrogen (secondary N) is 1. The molecule has 0 bridgehead atoms. The first-order valence-corrected chi connectivity index (χ1v) is 7.42. The number of benzene rings is 2. The van der Waals surface area contributed by atoms with Crippen LogP contribution in [-0.2, 0) is 13.0 Å². The lowest BCUT2D eigenvalue weighted by Gasteiger charge is -2.14. The van der Waals surface area contributed by atoms with E-state index in [0.717, 1.165) is 36.3 Å². The maximum absolute atomic E-state index is 9.99. The largest absolute Gasteiger partial charge is 0.507 e. The van der Waals surface area contributed by atoms with Crippen LogP contribution in [-0.4, -0.2) is 18.7 Å². The van der Waals surface area contributed by atoms with Crippen LogP contribution in [0.5, 0.6) is 5.75 Å². The lowest BCUT2D eigenvalue weighted by Crippen LogP contribution is -2.12. The third-order valence-electron chi connectivity index (χ3n) is 4.39. The van der Waals surface area contributed by atoms with E-state index in [9.17, 15) is 5.11 Å². The summed E-state index contributed by atoms with van der Waals surface area (Å²) in [5.41, 5.74) is 6.89. The van der Waals surface area contributed by atoms with Gasteiger partial charge in [0.25, 0.3) is 0 Å². The van der Waals surface area contributed by atoms with Crippen LogP contribution >= 0.6 is 0 Å². The number of phenolic OH excluding ortho intramolecular Hbond substituents is 1. The highest BCUT2D eigenvalue weighted by atomic mass is 16.3. The minimum absolute atomic E-state index is 0.385. The van der Waals surface area contributed by atoms with E-state index in [1.165, 1.54) is 16.8 Å². The minimum Gasteiger partial charge on any atom is -0.507 e. The average molecular weight is 282 g/mol. The number of anilines is 2. The molecule has 110 valence electrons. The first-order valence-electron chi connectivity index (χ1n) is 7.42. The number of fused-ring (bicyclic) bond motifs is 1. The molecule has 3 rings (SSSR count). The Morgan fingerprint density at radius 2 is 2.00 bits per heavy atom. The van der Waals surface area contributed by atoms with Gasteiger partial charge in [-0.1, -0.05) is 18.2 Å². The van der Waals surface area contributed by atoms with Crippen LogP contribution in [0.1, 0.15) is 22.3 Å². The number of likely N-dealkylation sites (N-methyl/N-ethyl adjacent to an activating group) is 1. The fourth-order valence-corrected chi connectivity index (χ4v) is 2.95. The monoisotopic (exact) mass is 282 g/mol. The highest BCUT2D eigenvalue weighted by molar-refractivity contribution is 5.61. The van der Waals surface area contributed by atoms with Crippen molar-refractivity contribution in [3.05, 3.63) is 52.6 Å². The van der Waals surface area contributed by atoms with Crippen molar-refractivity contribution in [1.29, 1.82) is 0 Å². The molecule has 3 heteroatoms. The number of aromatic hydroxyl groups is 1. The molecule has 2 aromatic rings. The number of hydrogen-bond acceptors (Lipinski definition) is 3. The molecule has 1 aliphatic rings. The Balaban J connectivity index is 1.75. The van der Waals surface area contributed by atoms with Gasteiger partial charge in [-0.25, -0.2) is 0 Å². The Hall–Kier alpha value is -2.16. The third kappa shape index (κ3) is 2.56. The summed E-state index contributed by atoms with van der Waals surface area (Å²) in [6.45, 7) is 5.75. The Bertz CT molecular complexity index is 679. The smallest absolute Gasteiger partial charge is 0.123 e. The second-order valence-electron chi connectivity index (χ2n) is 5.89. The minimum atomic E-state index is 0.385. The lowest BCUT2D eigenvalue weighted by atomic mass is 10.1. The molecule has 0 aromatic heterocycles. The number of hydrogen-bond donors (Lipinski definition) is 2. The Morgan fingerprint density at radius 3 is 2.81 bits per heavy atom. The molecule has 0 fully saturated rings. The number of phenols is 1. The molecule has 0 saturated carbocycles. The summed E-state index contributed by atoms with van der Waals surface area (Å²) in [7, 11) is 2.14. The number of aryl methyl sites for hydroxylation is 1. The lowest BCUT2D eigenvalue weighted by molar-refractivity contribution is 0.467. The van der Waals surface area contributed by atoms with Crippen LogP contribution in [0, 0.1) is 13.8 Å². The molecular formula is C18H22N2O. The van der Waals surface area contributed by atoms with Gasteiger partial charge in [0.1, 0.15) is 5.75 Å². The molecule has 1 aliphatic heterocycles. The van der Waals surface area contributed by atoms with Gasteiger partial charge in [-0.05, 0) is 49.1 Å². The Morgan fingerprint density at radius 1 is 1.19 bits per heavy atom. The van der Waals surface area contributed by atoms with Crippen molar-refractivity contribution >= 4 is 11.4 Å². The van der Waals surface area contributed by atoms with Crippen LogP contribution in [0.15, 0.2) is 30.3 Å². The maximum atomic E-state index is 9.99. The fraction of sp³-hybridized carbons (Fsp3) is 0.333. The van der Waals surface area contributed by atoms with Crippen LogP contribution in [0.25, 0.3) is 0 Å². The third-order valence-corrected chi connectivity index (χ3v) is 4.39. The second kappa shape index (κ2) is 5.32.